The van der Waals surface area contributed by atoms with Crippen LogP contribution in [0.4, 0.5) is 4.39 Å². The van der Waals surface area contributed by atoms with Gasteiger partial charge < -0.3 is 10.4 Å². The molecule has 2 N–H and O–H groups in total. The maximum Gasteiger partial charge on any atom is 0.234 e. The number of aliphatic hydroxyl groups is 1. The molecule has 128 valence electrons. The van der Waals surface area contributed by atoms with Gasteiger partial charge in [-0.15, -0.1) is 0 Å². The lowest BCUT2D eigenvalue weighted by atomic mass is 10.1. The van der Waals surface area contributed by atoms with Crippen LogP contribution in [-0.4, -0.2) is 66.2 Å². The van der Waals surface area contributed by atoms with Crippen LogP contribution in [0.2, 0.25) is 0 Å². The number of rotatable bonds is 6. The number of nitrogens with zero attached hydrogens (tertiary/aromatic N) is 2. The maximum absolute atomic E-state index is 13.2. The number of β-amino-alcohol motifs (C(OH)–C–C–N with tert-alkyl or cyclic N) is 1. The molecule has 23 heavy (non-hydrogen) atoms. The Hall–Kier alpha value is -1.50. The van der Waals surface area contributed by atoms with Crippen LogP contribution in [0.15, 0.2) is 18.2 Å². The molecular weight excluding hydrogens is 297 g/mol. The predicted molar refractivity (Wildman–Crippen MR) is 87.5 cm³/mol. The summed E-state index contributed by atoms with van der Waals surface area (Å²) in [4.78, 5) is 16.3. The molecule has 1 aliphatic rings. The Morgan fingerprint density at radius 1 is 1.30 bits per heavy atom. The summed E-state index contributed by atoms with van der Waals surface area (Å²) in [7, 11) is 0. The third kappa shape index (κ3) is 5.89. The van der Waals surface area contributed by atoms with Gasteiger partial charge in [0.1, 0.15) is 5.82 Å². The number of aryl methyl sites for hydroxylation is 1. The van der Waals surface area contributed by atoms with Crippen LogP contribution in [0.3, 0.4) is 0 Å². The van der Waals surface area contributed by atoms with Gasteiger partial charge in [0.05, 0.1) is 12.6 Å². The number of benzene rings is 1. The first kappa shape index (κ1) is 17.8. The lowest BCUT2D eigenvalue weighted by Gasteiger charge is -2.34. The van der Waals surface area contributed by atoms with Gasteiger partial charge in [0, 0.05) is 39.3 Å². The summed E-state index contributed by atoms with van der Waals surface area (Å²) in [6, 6.07) is 4.88. The number of carbonyl (C=O) groups is 1. The van der Waals surface area contributed by atoms with Crippen molar-refractivity contribution in [2.24, 2.45) is 0 Å². The third-order valence-electron chi connectivity index (χ3n) is 4.07. The van der Waals surface area contributed by atoms with Gasteiger partial charge in [0.2, 0.25) is 5.91 Å². The van der Waals surface area contributed by atoms with Gasteiger partial charge in [-0.3, -0.25) is 14.6 Å². The average Bonchev–Trinajstić information content (AvgIpc) is 2.50. The van der Waals surface area contributed by atoms with Gasteiger partial charge in [0.25, 0.3) is 0 Å². The van der Waals surface area contributed by atoms with E-state index in [1.54, 1.807) is 26.0 Å². The highest BCUT2D eigenvalue weighted by Gasteiger charge is 2.19. The zero-order valence-electron chi connectivity index (χ0n) is 13.9. The minimum atomic E-state index is -0.316. The Kier molecular flexibility index (Phi) is 6.50. The Labute approximate surface area is 137 Å². The van der Waals surface area contributed by atoms with Crippen molar-refractivity contribution in [2.75, 3.05) is 39.3 Å². The van der Waals surface area contributed by atoms with Crippen LogP contribution in [0.25, 0.3) is 0 Å². The molecule has 1 saturated heterocycles. The Balaban J connectivity index is 1.70. The van der Waals surface area contributed by atoms with E-state index in [0.717, 1.165) is 31.7 Å². The van der Waals surface area contributed by atoms with E-state index in [1.165, 1.54) is 6.07 Å². The molecule has 1 heterocycles. The summed E-state index contributed by atoms with van der Waals surface area (Å²) in [5, 5.41) is 12.3. The van der Waals surface area contributed by atoms with E-state index in [1.807, 2.05) is 0 Å². The number of aliphatic hydroxyl groups excluding tert-OH is 1. The van der Waals surface area contributed by atoms with Crippen molar-refractivity contribution in [3.05, 3.63) is 35.1 Å². The van der Waals surface area contributed by atoms with E-state index in [4.69, 9.17) is 0 Å². The zero-order valence-corrected chi connectivity index (χ0v) is 13.9. The molecule has 1 amide bonds. The fourth-order valence-electron chi connectivity index (χ4n) is 2.78. The van der Waals surface area contributed by atoms with E-state index < -0.39 is 0 Å². The molecule has 0 aromatic heterocycles. The van der Waals surface area contributed by atoms with E-state index in [-0.39, 0.29) is 17.8 Å². The van der Waals surface area contributed by atoms with Crippen molar-refractivity contribution < 1.29 is 14.3 Å². The summed E-state index contributed by atoms with van der Waals surface area (Å²) in [5.41, 5.74) is 1.49. The van der Waals surface area contributed by atoms with E-state index in [9.17, 15) is 14.3 Å². The lowest BCUT2D eigenvalue weighted by molar-refractivity contribution is -0.122. The number of hydrogen-bond acceptors (Lipinski definition) is 4. The second-order valence-corrected chi connectivity index (χ2v) is 6.29. The van der Waals surface area contributed by atoms with Gasteiger partial charge in [-0.05, 0) is 31.0 Å². The fraction of sp³-hybridized carbons (Fsp3) is 0.588. The van der Waals surface area contributed by atoms with Crippen molar-refractivity contribution in [3.63, 3.8) is 0 Å². The van der Waals surface area contributed by atoms with Crippen LogP contribution in [0, 0.1) is 12.7 Å². The summed E-state index contributed by atoms with van der Waals surface area (Å²) in [6.07, 6.45) is -0.316. The summed E-state index contributed by atoms with van der Waals surface area (Å²) < 4.78 is 13.2. The molecule has 0 radical (unpaired) electrons. The quantitative estimate of drug-likeness (QED) is 0.811. The normalized spacial score (nSPS) is 17.9. The van der Waals surface area contributed by atoms with Gasteiger partial charge in [-0.1, -0.05) is 12.1 Å². The molecule has 6 heteroatoms. The number of halogens is 1. The molecule has 0 spiro atoms. The predicted octanol–water partition coefficient (Wildman–Crippen LogP) is 0.749. The smallest absolute Gasteiger partial charge is 0.234 e. The Morgan fingerprint density at radius 3 is 2.57 bits per heavy atom. The van der Waals surface area contributed by atoms with Crippen molar-refractivity contribution in [3.8, 4) is 0 Å². The summed E-state index contributed by atoms with van der Waals surface area (Å²) in [6.45, 7) is 8.38. The molecule has 0 unspecified atom stereocenters. The second kappa shape index (κ2) is 8.38. The number of hydrogen-bond donors (Lipinski definition) is 2. The molecule has 0 bridgehead atoms. The molecular formula is C17H26FN3O2. The average molecular weight is 323 g/mol. The Morgan fingerprint density at radius 2 is 1.96 bits per heavy atom. The molecule has 1 fully saturated rings. The molecule has 2 rings (SSSR count). The minimum Gasteiger partial charge on any atom is -0.392 e. The summed E-state index contributed by atoms with van der Waals surface area (Å²) >= 11 is 0. The molecule has 0 aliphatic carbocycles. The minimum absolute atomic E-state index is 0.0176. The van der Waals surface area contributed by atoms with E-state index >= 15 is 0 Å². The van der Waals surface area contributed by atoms with Crippen molar-refractivity contribution in [1.82, 2.24) is 15.1 Å². The molecule has 1 aliphatic heterocycles. The third-order valence-corrected chi connectivity index (χ3v) is 4.07. The first-order valence-electron chi connectivity index (χ1n) is 8.08. The highest BCUT2D eigenvalue weighted by atomic mass is 19.1. The van der Waals surface area contributed by atoms with Crippen LogP contribution >= 0.6 is 0 Å². The number of amides is 1. The second-order valence-electron chi connectivity index (χ2n) is 6.29. The standard InChI is InChI=1S/C17H26FN3O2/c1-13-9-15(3-4-16(13)18)10-19-17(23)12-21-7-5-20(6-8-21)11-14(2)22/h3-4,9,14,22H,5-8,10-12H2,1-2H3,(H,19,23)/t14-/m1/s1. The number of piperazine rings is 1. The van der Waals surface area contributed by atoms with Crippen molar-refractivity contribution in [1.29, 1.82) is 0 Å². The van der Waals surface area contributed by atoms with Crippen molar-refractivity contribution in [2.45, 2.75) is 26.5 Å². The topological polar surface area (TPSA) is 55.8 Å². The molecule has 1 aromatic rings. The van der Waals surface area contributed by atoms with Crippen LogP contribution in [0.1, 0.15) is 18.1 Å². The maximum atomic E-state index is 13.2. The SMILES string of the molecule is Cc1cc(CNC(=O)CN2CCN(C[C@@H](C)O)CC2)ccc1F. The van der Waals surface area contributed by atoms with Crippen LogP contribution in [-0.2, 0) is 11.3 Å². The lowest BCUT2D eigenvalue weighted by Crippen LogP contribution is -2.50. The van der Waals surface area contributed by atoms with Gasteiger partial charge in [-0.25, -0.2) is 4.39 Å². The van der Waals surface area contributed by atoms with Crippen LogP contribution < -0.4 is 5.32 Å². The monoisotopic (exact) mass is 323 g/mol. The molecule has 1 atom stereocenters. The highest BCUT2D eigenvalue weighted by Crippen LogP contribution is 2.09. The largest absolute Gasteiger partial charge is 0.392 e. The van der Waals surface area contributed by atoms with Gasteiger partial charge in [0.15, 0.2) is 0 Å². The van der Waals surface area contributed by atoms with E-state index in [0.29, 0.717) is 25.2 Å². The van der Waals surface area contributed by atoms with Crippen LogP contribution in [0.5, 0.6) is 0 Å². The molecule has 1 aromatic carbocycles. The number of carbonyl (C=O) groups excluding carboxylic acids is 1. The van der Waals surface area contributed by atoms with Crippen molar-refractivity contribution >= 4 is 5.91 Å². The summed E-state index contributed by atoms with van der Waals surface area (Å²) in [5.74, 6) is -0.244. The molecule has 0 saturated carbocycles. The fourth-order valence-corrected chi connectivity index (χ4v) is 2.78. The first-order valence-corrected chi connectivity index (χ1v) is 8.08. The van der Waals surface area contributed by atoms with Gasteiger partial charge >= 0.3 is 0 Å². The first-order chi connectivity index (χ1) is 10.9. The zero-order chi connectivity index (χ0) is 16.8. The highest BCUT2D eigenvalue weighted by molar-refractivity contribution is 5.78. The molecule has 5 nitrogen and oxygen atoms in total. The number of nitrogens with one attached hydrogen (secondary N) is 1. The van der Waals surface area contributed by atoms with Gasteiger partial charge in [-0.2, -0.15) is 0 Å². The van der Waals surface area contributed by atoms with E-state index in [2.05, 4.69) is 15.1 Å². The Bertz CT molecular complexity index is 529.